The number of carboxylic acids is 1. The molecule has 8 heteroatoms. The molecule has 1 amide bonds. The van der Waals surface area contributed by atoms with Gasteiger partial charge in [-0.25, -0.2) is 4.39 Å². The van der Waals surface area contributed by atoms with Gasteiger partial charge in [-0.2, -0.15) is 0 Å². The van der Waals surface area contributed by atoms with Crippen LogP contribution in [0.25, 0.3) is 0 Å². The minimum atomic E-state index is -0.894. The Hall–Kier alpha value is -3.42. The van der Waals surface area contributed by atoms with Gasteiger partial charge in [0.25, 0.3) is 0 Å². The van der Waals surface area contributed by atoms with Gasteiger partial charge in [0.1, 0.15) is 5.82 Å². The molecule has 206 valence electrons. The van der Waals surface area contributed by atoms with E-state index in [-0.39, 0.29) is 43.1 Å². The molecule has 0 saturated heterocycles. The average molecular weight is 527 g/mol. The Labute approximate surface area is 224 Å². The zero-order valence-corrected chi connectivity index (χ0v) is 23.1. The van der Waals surface area contributed by atoms with Crippen molar-refractivity contribution in [1.29, 1.82) is 0 Å². The lowest BCUT2D eigenvalue weighted by Crippen LogP contribution is -2.37. The quantitative estimate of drug-likeness (QED) is 0.235. The van der Waals surface area contributed by atoms with Crippen LogP contribution in [0.2, 0.25) is 0 Å². The van der Waals surface area contributed by atoms with Gasteiger partial charge in [-0.3, -0.25) is 19.3 Å². The fourth-order valence-electron chi connectivity index (χ4n) is 4.85. The predicted octanol–water partition coefficient (Wildman–Crippen LogP) is 5.92. The van der Waals surface area contributed by atoms with E-state index in [1.807, 2.05) is 52.8 Å². The van der Waals surface area contributed by atoms with E-state index in [1.54, 1.807) is 11.0 Å². The standard InChI is InChI=1S/C30H39FN2O5/c1-20-14-25(32-13-12-22-16-24(31)11-10-23(22)18-32)15-21(2)29(20)33(26(34)17-30(3,4)5)19-38-28(37)9-7-6-8-27(35)36/h10-11,14-16H,6-9,12-13,17-19H2,1-5H3,(H,35,36). The number of esters is 1. The third-order valence-electron chi connectivity index (χ3n) is 6.65. The maximum Gasteiger partial charge on any atom is 0.307 e. The summed E-state index contributed by atoms with van der Waals surface area (Å²) in [4.78, 5) is 40.2. The van der Waals surface area contributed by atoms with Crippen LogP contribution >= 0.6 is 0 Å². The molecule has 3 rings (SSSR count). The van der Waals surface area contributed by atoms with Gasteiger partial charge in [-0.05, 0) is 85.0 Å². The Morgan fingerprint density at radius 1 is 1.03 bits per heavy atom. The van der Waals surface area contributed by atoms with Crippen LogP contribution in [0.3, 0.4) is 0 Å². The van der Waals surface area contributed by atoms with Crippen LogP contribution in [-0.2, 0) is 32.1 Å². The molecule has 38 heavy (non-hydrogen) atoms. The largest absolute Gasteiger partial charge is 0.481 e. The summed E-state index contributed by atoms with van der Waals surface area (Å²) in [6.45, 7) is 11.1. The van der Waals surface area contributed by atoms with E-state index >= 15 is 0 Å². The van der Waals surface area contributed by atoms with Gasteiger partial charge in [-0.15, -0.1) is 0 Å². The molecule has 0 bridgehead atoms. The van der Waals surface area contributed by atoms with E-state index in [4.69, 9.17) is 9.84 Å². The minimum absolute atomic E-state index is 0.00764. The SMILES string of the molecule is Cc1cc(N2CCc3cc(F)ccc3C2)cc(C)c1N(COC(=O)CCCCC(=O)O)C(=O)CC(C)(C)C. The van der Waals surface area contributed by atoms with E-state index in [0.29, 0.717) is 19.4 Å². The number of nitrogens with zero attached hydrogens (tertiary/aromatic N) is 2. The normalized spacial score (nSPS) is 13.2. The van der Waals surface area contributed by atoms with Crippen LogP contribution in [-0.4, -0.2) is 36.2 Å². The summed E-state index contributed by atoms with van der Waals surface area (Å²) < 4.78 is 19.1. The van der Waals surface area contributed by atoms with Gasteiger partial charge in [0.15, 0.2) is 6.73 Å². The van der Waals surface area contributed by atoms with Gasteiger partial charge < -0.3 is 14.7 Å². The van der Waals surface area contributed by atoms with E-state index in [1.165, 1.54) is 6.07 Å². The summed E-state index contributed by atoms with van der Waals surface area (Å²) in [6, 6.07) is 9.03. The highest BCUT2D eigenvalue weighted by molar-refractivity contribution is 5.95. The maximum absolute atomic E-state index is 13.6. The maximum atomic E-state index is 13.6. The lowest BCUT2D eigenvalue weighted by molar-refractivity contribution is -0.145. The number of carbonyl (C=O) groups is 3. The van der Waals surface area contributed by atoms with Crippen LogP contribution < -0.4 is 9.80 Å². The summed E-state index contributed by atoms with van der Waals surface area (Å²) >= 11 is 0. The molecule has 0 unspecified atom stereocenters. The molecule has 1 heterocycles. The lowest BCUT2D eigenvalue weighted by atomic mass is 9.91. The zero-order valence-electron chi connectivity index (χ0n) is 23.1. The number of rotatable bonds is 10. The van der Waals surface area contributed by atoms with Gasteiger partial charge >= 0.3 is 11.9 Å². The van der Waals surface area contributed by atoms with Crippen molar-refractivity contribution in [2.24, 2.45) is 5.41 Å². The van der Waals surface area contributed by atoms with Gasteiger partial charge in [0.05, 0.1) is 5.69 Å². The molecule has 0 aliphatic carbocycles. The van der Waals surface area contributed by atoms with Crippen molar-refractivity contribution in [2.75, 3.05) is 23.1 Å². The number of hydrogen-bond acceptors (Lipinski definition) is 5. The highest BCUT2D eigenvalue weighted by Crippen LogP contribution is 2.34. The summed E-state index contributed by atoms with van der Waals surface area (Å²) in [5.74, 6) is -1.70. The van der Waals surface area contributed by atoms with Crippen LogP contribution in [0.15, 0.2) is 30.3 Å². The van der Waals surface area contributed by atoms with Gasteiger partial charge in [0, 0.05) is 38.0 Å². The highest BCUT2D eigenvalue weighted by Gasteiger charge is 2.27. The second-order valence-electron chi connectivity index (χ2n) is 11.3. The number of anilines is 2. The number of aliphatic carboxylic acids is 1. The fourth-order valence-corrected chi connectivity index (χ4v) is 4.85. The van der Waals surface area contributed by atoms with E-state index in [2.05, 4.69) is 4.90 Å². The van der Waals surface area contributed by atoms with Crippen molar-refractivity contribution in [2.45, 2.75) is 79.7 Å². The molecule has 1 aliphatic heterocycles. The molecule has 2 aromatic carbocycles. The molecule has 0 spiro atoms. The molecule has 0 radical (unpaired) electrons. The third-order valence-corrected chi connectivity index (χ3v) is 6.65. The topological polar surface area (TPSA) is 87.2 Å². The molecule has 0 atom stereocenters. The first-order chi connectivity index (χ1) is 17.8. The highest BCUT2D eigenvalue weighted by atomic mass is 19.1. The number of benzene rings is 2. The third kappa shape index (κ3) is 8.04. The van der Waals surface area contributed by atoms with Crippen LogP contribution in [0, 0.1) is 25.1 Å². The van der Waals surface area contributed by atoms with Crippen molar-refractivity contribution in [3.8, 4) is 0 Å². The summed E-state index contributed by atoms with van der Waals surface area (Å²) in [5, 5.41) is 8.77. The number of halogens is 1. The Morgan fingerprint density at radius 2 is 1.68 bits per heavy atom. The summed E-state index contributed by atoms with van der Waals surface area (Å²) in [6.07, 6.45) is 1.96. The number of fused-ring (bicyclic) bond motifs is 1. The molecular weight excluding hydrogens is 487 g/mol. The first-order valence-corrected chi connectivity index (χ1v) is 13.2. The minimum Gasteiger partial charge on any atom is -0.481 e. The average Bonchev–Trinajstić information content (AvgIpc) is 2.81. The Bertz CT molecular complexity index is 1160. The Balaban J connectivity index is 1.79. The Kier molecular flexibility index (Phi) is 9.52. The van der Waals surface area contributed by atoms with Crippen LogP contribution in [0.5, 0.6) is 0 Å². The van der Waals surface area contributed by atoms with E-state index < -0.39 is 11.9 Å². The molecule has 2 aromatic rings. The zero-order chi connectivity index (χ0) is 28.0. The van der Waals surface area contributed by atoms with Crippen molar-refractivity contribution < 1.29 is 28.6 Å². The molecule has 0 saturated carbocycles. The Morgan fingerprint density at radius 3 is 2.32 bits per heavy atom. The second kappa shape index (κ2) is 12.4. The lowest BCUT2D eigenvalue weighted by Gasteiger charge is -2.33. The second-order valence-corrected chi connectivity index (χ2v) is 11.3. The van der Waals surface area contributed by atoms with Crippen molar-refractivity contribution >= 4 is 29.2 Å². The number of carbonyl (C=O) groups excluding carboxylic acids is 2. The van der Waals surface area contributed by atoms with Crippen LogP contribution in [0.4, 0.5) is 15.8 Å². The number of ether oxygens (including phenoxy) is 1. The molecule has 0 fully saturated rings. The fraction of sp³-hybridized carbons (Fsp3) is 0.500. The first-order valence-electron chi connectivity index (χ1n) is 13.2. The van der Waals surface area contributed by atoms with Crippen molar-refractivity contribution in [3.63, 3.8) is 0 Å². The van der Waals surface area contributed by atoms with Gasteiger partial charge in [-0.1, -0.05) is 26.8 Å². The van der Waals surface area contributed by atoms with E-state index in [9.17, 15) is 18.8 Å². The summed E-state index contributed by atoms with van der Waals surface area (Å²) in [5.41, 5.74) is 5.43. The van der Waals surface area contributed by atoms with Crippen molar-refractivity contribution in [1.82, 2.24) is 0 Å². The predicted molar refractivity (Wildman–Crippen MR) is 146 cm³/mol. The number of hydrogen-bond donors (Lipinski definition) is 1. The van der Waals surface area contributed by atoms with Gasteiger partial charge in [0.2, 0.25) is 5.91 Å². The molecule has 1 N–H and O–H groups in total. The monoisotopic (exact) mass is 526 g/mol. The molecule has 0 aromatic heterocycles. The number of unbranched alkanes of at least 4 members (excludes halogenated alkanes) is 1. The summed E-state index contributed by atoms with van der Waals surface area (Å²) in [7, 11) is 0. The number of carboxylic acid groups (broad SMARTS) is 1. The molecular formula is C30H39FN2O5. The molecule has 7 nitrogen and oxygen atoms in total. The number of amides is 1. The smallest absolute Gasteiger partial charge is 0.307 e. The van der Waals surface area contributed by atoms with Crippen molar-refractivity contribution in [3.05, 3.63) is 58.4 Å². The van der Waals surface area contributed by atoms with E-state index in [0.717, 1.165) is 46.6 Å². The first kappa shape index (κ1) is 29.1. The number of aryl methyl sites for hydroxylation is 2. The van der Waals surface area contributed by atoms with Crippen LogP contribution in [0.1, 0.15) is 75.1 Å². The molecule has 1 aliphatic rings.